The molecule has 19 heavy (non-hydrogen) atoms. The number of aromatic nitrogens is 2. The van der Waals surface area contributed by atoms with Crippen LogP contribution in [0.1, 0.15) is 49.9 Å². The van der Waals surface area contributed by atoms with Crippen molar-refractivity contribution in [2.45, 2.75) is 39.7 Å². The Labute approximate surface area is 118 Å². The molecular formula is C13H20ClN3O2. The van der Waals surface area contributed by atoms with Crippen LogP contribution in [0.25, 0.3) is 0 Å². The van der Waals surface area contributed by atoms with E-state index in [2.05, 4.69) is 15.3 Å². The van der Waals surface area contributed by atoms with E-state index < -0.39 is 0 Å². The molecule has 5 nitrogen and oxygen atoms in total. The molecule has 0 saturated heterocycles. The van der Waals surface area contributed by atoms with E-state index in [-0.39, 0.29) is 41.1 Å². The van der Waals surface area contributed by atoms with Crippen LogP contribution in [-0.2, 0) is 0 Å². The number of aliphatic hydroxyl groups is 1. The van der Waals surface area contributed by atoms with Crippen LogP contribution in [0.15, 0.2) is 6.20 Å². The number of halogens is 1. The number of rotatable bonds is 5. The maximum absolute atomic E-state index is 12.1. The molecule has 0 spiro atoms. The molecule has 1 unspecified atom stereocenters. The predicted molar refractivity (Wildman–Crippen MR) is 74.3 cm³/mol. The summed E-state index contributed by atoms with van der Waals surface area (Å²) in [6.07, 6.45) is 1.43. The van der Waals surface area contributed by atoms with Crippen molar-refractivity contribution in [2.24, 2.45) is 5.92 Å². The largest absolute Gasteiger partial charge is 0.394 e. The molecule has 0 saturated carbocycles. The SMILES string of the molecule is CC(C)c1ncc(Cl)c(C(=O)NC(CO)C(C)C)n1. The molecule has 0 aromatic carbocycles. The highest BCUT2D eigenvalue weighted by atomic mass is 35.5. The normalized spacial score (nSPS) is 12.8. The highest BCUT2D eigenvalue weighted by Gasteiger charge is 2.20. The third kappa shape index (κ3) is 4.14. The Kier molecular flexibility index (Phi) is 5.69. The lowest BCUT2D eigenvalue weighted by atomic mass is 10.1. The second kappa shape index (κ2) is 6.82. The molecular weight excluding hydrogens is 266 g/mol. The molecule has 0 aliphatic heterocycles. The number of nitrogens with one attached hydrogen (secondary N) is 1. The zero-order valence-electron chi connectivity index (χ0n) is 11.6. The van der Waals surface area contributed by atoms with Crippen molar-refractivity contribution in [3.05, 3.63) is 22.7 Å². The summed E-state index contributed by atoms with van der Waals surface area (Å²) in [5, 5.41) is 12.2. The fourth-order valence-corrected chi connectivity index (χ4v) is 1.65. The van der Waals surface area contributed by atoms with E-state index in [1.54, 1.807) is 0 Å². The Bertz CT molecular complexity index is 450. The standard InChI is InChI=1S/C13H20ClN3O2/c1-7(2)10(6-18)16-13(19)11-9(14)5-15-12(17-11)8(3)4/h5,7-8,10,18H,6H2,1-4H3,(H,16,19). The zero-order valence-corrected chi connectivity index (χ0v) is 12.4. The van der Waals surface area contributed by atoms with Gasteiger partial charge in [0.25, 0.3) is 5.91 Å². The van der Waals surface area contributed by atoms with E-state index in [1.807, 2.05) is 27.7 Å². The Morgan fingerprint density at radius 1 is 1.42 bits per heavy atom. The molecule has 106 valence electrons. The van der Waals surface area contributed by atoms with Crippen molar-refractivity contribution in [3.8, 4) is 0 Å². The van der Waals surface area contributed by atoms with Gasteiger partial charge in [0.05, 0.1) is 23.9 Å². The van der Waals surface area contributed by atoms with Crippen LogP contribution in [0.4, 0.5) is 0 Å². The minimum absolute atomic E-state index is 0.113. The summed E-state index contributed by atoms with van der Waals surface area (Å²) in [4.78, 5) is 20.4. The highest BCUT2D eigenvalue weighted by Crippen LogP contribution is 2.16. The van der Waals surface area contributed by atoms with Crippen molar-refractivity contribution < 1.29 is 9.90 Å². The van der Waals surface area contributed by atoms with E-state index in [4.69, 9.17) is 11.6 Å². The summed E-state index contributed by atoms with van der Waals surface area (Å²) in [5.41, 5.74) is 0.152. The van der Waals surface area contributed by atoms with E-state index in [0.717, 1.165) is 0 Å². The number of amides is 1. The van der Waals surface area contributed by atoms with Crippen molar-refractivity contribution in [1.29, 1.82) is 0 Å². The first kappa shape index (κ1) is 15.9. The Morgan fingerprint density at radius 3 is 2.53 bits per heavy atom. The van der Waals surface area contributed by atoms with Gasteiger partial charge in [-0.1, -0.05) is 39.3 Å². The quantitative estimate of drug-likeness (QED) is 0.868. The number of hydrogen-bond donors (Lipinski definition) is 2. The Balaban J connectivity index is 2.95. The first-order valence-electron chi connectivity index (χ1n) is 6.31. The maximum atomic E-state index is 12.1. The van der Waals surface area contributed by atoms with Gasteiger partial charge in [-0.2, -0.15) is 0 Å². The van der Waals surface area contributed by atoms with Crippen molar-refractivity contribution in [2.75, 3.05) is 6.61 Å². The molecule has 0 fully saturated rings. The third-order valence-corrected chi connectivity index (χ3v) is 3.09. The van der Waals surface area contributed by atoms with Crippen LogP contribution in [0, 0.1) is 5.92 Å². The minimum atomic E-state index is -0.387. The lowest BCUT2D eigenvalue weighted by Crippen LogP contribution is -2.41. The van der Waals surface area contributed by atoms with Gasteiger partial charge in [-0.05, 0) is 5.92 Å². The highest BCUT2D eigenvalue weighted by molar-refractivity contribution is 6.33. The molecule has 0 aliphatic rings. The minimum Gasteiger partial charge on any atom is -0.394 e. The summed E-state index contributed by atoms with van der Waals surface area (Å²) in [6, 6.07) is -0.318. The molecule has 1 heterocycles. The first-order valence-corrected chi connectivity index (χ1v) is 6.68. The van der Waals surface area contributed by atoms with Gasteiger partial charge in [0.1, 0.15) is 11.5 Å². The van der Waals surface area contributed by atoms with Gasteiger partial charge < -0.3 is 10.4 Å². The molecule has 0 bridgehead atoms. The Hall–Kier alpha value is -1.20. The summed E-state index contributed by atoms with van der Waals surface area (Å²) in [5.74, 6) is 0.420. The molecule has 1 aromatic heterocycles. The summed E-state index contributed by atoms with van der Waals surface area (Å²) in [6.45, 7) is 7.60. The lowest BCUT2D eigenvalue weighted by molar-refractivity contribution is 0.0891. The van der Waals surface area contributed by atoms with Gasteiger partial charge in [-0.3, -0.25) is 4.79 Å². The number of carbonyl (C=O) groups is 1. The average molecular weight is 286 g/mol. The second-order valence-electron chi connectivity index (χ2n) is 5.09. The monoisotopic (exact) mass is 285 g/mol. The zero-order chi connectivity index (χ0) is 14.6. The summed E-state index contributed by atoms with van der Waals surface area (Å²) in [7, 11) is 0. The van der Waals surface area contributed by atoms with Crippen molar-refractivity contribution >= 4 is 17.5 Å². The fourth-order valence-electron chi connectivity index (χ4n) is 1.48. The van der Waals surface area contributed by atoms with Gasteiger partial charge in [0.2, 0.25) is 0 Å². The van der Waals surface area contributed by atoms with Gasteiger partial charge in [0.15, 0.2) is 0 Å². The molecule has 1 aromatic rings. The van der Waals surface area contributed by atoms with E-state index in [0.29, 0.717) is 5.82 Å². The second-order valence-corrected chi connectivity index (χ2v) is 5.49. The van der Waals surface area contributed by atoms with Crippen LogP contribution < -0.4 is 5.32 Å². The lowest BCUT2D eigenvalue weighted by Gasteiger charge is -2.20. The molecule has 1 atom stereocenters. The van der Waals surface area contributed by atoms with Crippen molar-refractivity contribution in [3.63, 3.8) is 0 Å². The van der Waals surface area contributed by atoms with Crippen LogP contribution in [0.3, 0.4) is 0 Å². The molecule has 2 N–H and O–H groups in total. The van der Waals surface area contributed by atoms with E-state index >= 15 is 0 Å². The molecule has 0 aliphatic carbocycles. The first-order chi connectivity index (χ1) is 8.86. The molecule has 0 radical (unpaired) electrons. The summed E-state index contributed by atoms with van der Waals surface area (Å²) >= 11 is 5.95. The third-order valence-electron chi connectivity index (χ3n) is 2.81. The van der Waals surface area contributed by atoms with Gasteiger partial charge in [-0.25, -0.2) is 9.97 Å². The van der Waals surface area contributed by atoms with Crippen molar-refractivity contribution in [1.82, 2.24) is 15.3 Å². The van der Waals surface area contributed by atoms with Gasteiger partial charge in [-0.15, -0.1) is 0 Å². The molecule has 1 amide bonds. The topological polar surface area (TPSA) is 75.1 Å². The fraction of sp³-hybridized carbons (Fsp3) is 0.615. The van der Waals surface area contributed by atoms with Crippen LogP contribution in [-0.4, -0.2) is 33.6 Å². The van der Waals surface area contributed by atoms with Gasteiger partial charge >= 0.3 is 0 Å². The number of aliphatic hydroxyl groups excluding tert-OH is 1. The number of nitrogens with zero attached hydrogens (tertiary/aromatic N) is 2. The van der Waals surface area contributed by atoms with Crippen LogP contribution >= 0.6 is 11.6 Å². The summed E-state index contributed by atoms with van der Waals surface area (Å²) < 4.78 is 0. The molecule has 6 heteroatoms. The average Bonchev–Trinajstić information content (AvgIpc) is 2.35. The smallest absolute Gasteiger partial charge is 0.271 e. The van der Waals surface area contributed by atoms with Crippen LogP contribution in [0.2, 0.25) is 5.02 Å². The van der Waals surface area contributed by atoms with Crippen LogP contribution in [0.5, 0.6) is 0 Å². The Morgan fingerprint density at radius 2 is 2.05 bits per heavy atom. The van der Waals surface area contributed by atoms with E-state index in [9.17, 15) is 9.90 Å². The number of carbonyl (C=O) groups excluding carboxylic acids is 1. The van der Waals surface area contributed by atoms with E-state index in [1.165, 1.54) is 6.20 Å². The maximum Gasteiger partial charge on any atom is 0.271 e. The number of hydrogen-bond acceptors (Lipinski definition) is 4. The predicted octanol–water partition coefficient (Wildman–Crippen LogP) is 2.00. The van der Waals surface area contributed by atoms with Gasteiger partial charge in [0, 0.05) is 5.92 Å². The molecule has 1 rings (SSSR count).